The molecule has 0 heterocycles. The zero-order valence-corrected chi connectivity index (χ0v) is 15.6. The Morgan fingerprint density at radius 3 is 2.00 bits per heavy atom. The molecule has 0 spiro atoms. The summed E-state index contributed by atoms with van der Waals surface area (Å²) in [6.45, 7) is 2.20. The van der Waals surface area contributed by atoms with E-state index in [1.54, 1.807) is 36.4 Å². The van der Waals surface area contributed by atoms with Crippen LogP contribution < -0.4 is 10.6 Å². The maximum atomic E-state index is 12.1. The standard InChI is InChI=1S/C17H16Br2N2O2/c1-11(21-17(23)13-5-3-7-15(19)9-13)10-20-16(22)12-4-2-6-14(18)8-12/h2-9,11H,10H2,1H3,(H,20,22)(H,21,23). The van der Waals surface area contributed by atoms with Crippen molar-refractivity contribution in [1.29, 1.82) is 0 Å². The van der Waals surface area contributed by atoms with Crippen molar-refractivity contribution in [3.05, 3.63) is 68.6 Å². The molecule has 0 radical (unpaired) electrons. The topological polar surface area (TPSA) is 58.2 Å². The first-order chi connectivity index (χ1) is 11.0. The molecule has 120 valence electrons. The quantitative estimate of drug-likeness (QED) is 0.745. The molecule has 4 nitrogen and oxygen atoms in total. The third kappa shape index (κ3) is 5.48. The Balaban J connectivity index is 1.86. The molecule has 2 N–H and O–H groups in total. The van der Waals surface area contributed by atoms with Gasteiger partial charge >= 0.3 is 0 Å². The summed E-state index contributed by atoms with van der Waals surface area (Å²) in [6.07, 6.45) is 0. The van der Waals surface area contributed by atoms with Gasteiger partial charge in [0.1, 0.15) is 0 Å². The van der Waals surface area contributed by atoms with Crippen LogP contribution in [-0.4, -0.2) is 24.4 Å². The third-order valence-electron chi connectivity index (χ3n) is 3.12. The van der Waals surface area contributed by atoms with E-state index in [4.69, 9.17) is 0 Å². The smallest absolute Gasteiger partial charge is 0.251 e. The van der Waals surface area contributed by atoms with Crippen molar-refractivity contribution in [3.8, 4) is 0 Å². The van der Waals surface area contributed by atoms with Crippen LogP contribution in [-0.2, 0) is 0 Å². The molecule has 23 heavy (non-hydrogen) atoms. The van der Waals surface area contributed by atoms with Crippen molar-refractivity contribution >= 4 is 43.7 Å². The van der Waals surface area contributed by atoms with Gasteiger partial charge in [-0.2, -0.15) is 0 Å². The summed E-state index contributed by atoms with van der Waals surface area (Å²) >= 11 is 6.67. The lowest BCUT2D eigenvalue weighted by Gasteiger charge is -2.15. The molecule has 0 fully saturated rings. The first-order valence-electron chi connectivity index (χ1n) is 7.06. The van der Waals surface area contributed by atoms with E-state index in [0.29, 0.717) is 17.7 Å². The van der Waals surface area contributed by atoms with Crippen LogP contribution in [0.4, 0.5) is 0 Å². The van der Waals surface area contributed by atoms with Crippen molar-refractivity contribution in [2.24, 2.45) is 0 Å². The second-order valence-electron chi connectivity index (χ2n) is 5.11. The Hall–Kier alpha value is -1.66. The van der Waals surface area contributed by atoms with E-state index >= 15 is 0 Å². The van der Waals surface area contributed by atoms with Gasteiger partial charge in [0, 0.05) is 32.7 Å². The molecule has 0 aliphatic heterocycles. The number of hydrogen-bond donors (Lipinski definition) is 2. The van der Waals surface area contributed by atoms with E-state index in [9.17, 15) is 9.59 Å². The molecule has 0 saturated carbocycles. The van der Waals surface area contributed by atoms with Gasteiger partial charge in [-0.25, -0.2) is 0 Å². The summed E-state index contributed by atoms with van der Waals surface area (Å²) in [7, 11) is 0. The first kappa shape index (κ1) is 17.7. The van der Waals surface area contributed by atoms with Crippen LogP contribution in [0, 0.1) is 0 Å². The van der Waals surface area contributed by atoms with Gasteiger partial charge in [-0.15, -0.1) is 0 Å². The van der Waals surface area contributed by atoms with Gasteiger partial charge in [-0.05, 0) is 43.3 Å². The second kappa shape index (κ2) is 8.26. The predicted molar refractivity (Wildman–Crippen MR) is 97.5 cm³/mol. The normalized spacial score (nSPS) is 11.6. The lowest BCUT2D eigenvalue weighted by molar-refractivity contribution is 0.0912. The Morgan fingerprint density at radius 1 is 0.957 bits per heavy atom. The fourth-order valence-corrected chi connectivity index (χ4v) is 2.76. The van der Waals surface area contributed by atoms with Gasteiger partial charge < -0.3 is 10.6 Å². The van der Waals surface area contributed by atoms with E-state index in [1.807, 2.05) is 19.1 Å². The van der Waals surface area contributed by atoms with Crippen molar-refractivity contribution in [2.45, 2.75) is 13.0 Å². The van der Waals surface area contributed by atoms with Gasteiger partial charge in [0.25, 0.3) is 11.8 Å². The van der Waals surface area contributed by atoms with Crippen LogP contribution in [0.25, 0.3) is 0 Å². The van der Waals surface area contributed by atoms with Crippen molar-refractivity contribution in [1.82, 2.24) is 10.6 Å². The molecule has 2 aromatic rings. The maximum Gasteiger partial charge on any atom is 0.251 e. The molecule has 0 aliphatic carbocycles. The molecule has 6 heteroatoms. The Labute approximate surface area is 151 Å². The summed E-state index contributed by atoms with van der Waals surface area (Å²) in [5.41, 5.74) is 1.15. The number of carbonyl (C=O) groups is 2. The summed E-state index contributed by atoms with van der Waals surface area (Å²) in [5, 5.41) is 5.67. The highest BCUT2D eigenvalue weighted by Crippen LogP contribution is 2.12. The number of amides is 2. The summed E-state index contributed by atoms with van der Waals surface area (Å²) in [4.78, 5) is 24.2. The Morgan fingerprint density at radius 2 is 1.48 bits per heavy atom. The lowest BCUT2D eigenvalue weighted by atomic mass is 10.2. The molecule has 2 aromatic carbocycles. The van der Waals surface area contributed by atoms with Crippen LogP contribution in [0.1, 0.15) is 27.6 Å². The van der Waals surface area contributed by atoms with Crippen LogP contribution in [0.5, 0.6) is 0 Å². The van der Waals surface area contributed by atoms with Crippen LogP contribution >= 0.6 is 31.9 Å². The molecule has 2 amide bonds. The monoisotopic (exact) mass is 438 g/mol. The molecular weight excluding hydrogens is 424 g/mol. The third-order valence-corrected chi connectivity index (χ3v) is 4.11. The molecular formula is C17H16Br2N2O2. The van der Waals surface area contributed by atoms with Gasteiger partial charge in [0.15, 0.2) is 0 Å². The number of hydrogen-bond acceptors (Lipinski definition) is 2. The maximum absolute atomic E-state index is 12.1. The van der Waals surface area contributed by atoms with Crippen LogP contribution in [0.2, 0.25) is 0 Å². The van der Waals surface area contributed by atoms with Crippen molar-refractivity contribution < 1.29 is 9.59 Å². The number of carbonyl (C=O) groups excluding carboxylic acids is 2. The highest BCUT2D eigenvalue weighted by atomic mass is 79.9. The average molecular weight is 440 g/mol. The SMILES string of the molecule is CC(CNC(=O)c1cccc(Br)c1)NC(=O)c1cccc(Br)c1. The van der Waals surface area contributed by atoms with E-state index < -0.39 is 0 Å². The molecule has 0 aromatic heterocycles. The van der Waals surface area contributed by atoms with E-state index in [1.165, 1.54) is 0 Å². The molecule has 2 rings (SSSR count). The highest BCUT2D eigenvalue weighted by molar-refractivity contribution is 9.10. The largest absolute Gasteiger partial charge is 0.350 e. The van der Waals surface area contributed by atoms with Crippen LogP contribution in [0.3, 0.4) is 0 Å². The molecule has 0 bridgehead atoms. The van der Waals surface area contributed by atoms with Gasteiger partial charge in [0.2, 0.25) is 0 Å². The molecule has 1 unspecified atom stereocenters. The van der Waals surface area contributed by atoms with E-state index in [2.05, 4.69) is 42.5 Å². The Bertz CT molecular complexity index is 719. The minimum Gasteiger partial charge on any atom is -0.350 e. The zero-order chi connectivity index (χ0) is 16.8. The summed E-state index contributed by atoms with van der Waals surface area (Å²) in [6, 6.07) is 14.1. The lowest BCUT2D eigenvalue weighted by Crippen LogP contribution is -2.41. The summed E-state index contributed by atoms with van der Waals surface area (Å²) < 4.78 is 1.70. The van der Waals surface area contributed by atoms with Gasteiger partial charge in [0.05, 0.1) is 0 Å². The van der Waals surface area contributed by atoms with Crippen molar-refractivity contribution in [2.75, 3.05) is 6.54 Å². The molecule has 1 atom stereocenters. The second-order valence-corrected chi connectivity index (χ2v) is 6.94. The van der Waals surface area contributed by atoms with Crippen LogP contribution in [0.15, 0.2) is 57.5 Å². The predicted octanol–water partition coefficient (Wildman–Crippen LogP) is 3.76. The average Bonchev–Trinajstić information content (AvgIpc) is 2.52. The number of rotatable bonds is 5. The zero-order valence-electron chi connectivity index (χ0n) is 12.5. The number of nitrogens with one attached hydrogen (secondary N) is 2. The Kier molecular flexibility index (Phi) is 6.36. The minimum absolute atomic E-state index is 0.171. The van der Waals surface area contributed by atoms with Gasteiger partial charge in [-0.1, -0.05) is 44.0 Å². The van der Waals surface area contributed by atoms with Crippen molar-refractivity contribution in [3.63, 3.8) is 0 Å². The number of benzene rings is 2. The minimum atomic E-state index is -0.183. The van der Waals surface area contributed by atoms with E-state index in [0.717, 1.165) is 8.95 Å². The molecule has 0 aliphatic rings. The summed E-state index contributed by atoms with van der Waals surface area (Å²) in [5.74, 6) is -0.342. The highest BCUT2D eigenvalue weighted by Gasteiger charge is 2.12. The first-order valence-corrected chi connectivity index (χ1v) is 8.64. The number of halogens is 2. The fourth-order valence-electron chi connectivity index (χ4n) is 1.97. The van der Waals surface area contributed by atoms with Gasteiger partial charge in [-0.3, -0.25) is 9.59 Å². The van der Waals surface area contributed by atoms with E-state index in [-0.39, 0.29) is 17.9 Å². The molecule has 0 saturated heterocycles. The fraction of sp³-hybridized carbons (Fsp3) is 0.176.